The summed E-state index contributed by atoms with van der Waals surface area (Å²) in [6, 6.07) is 11.2. The minimum absolute atomic E-state index is 0. The van der Waals surface area contributed by atoms with Crippen molar-refractivity contribution >= 4 is 64.5 Å². The average molecular weight is 500 g/mol. The number of nitrogens with zero attached hydrogens (tertiary/aromatic N) is 1. The minimum atomic E-state index is -0.619. The third kappa shape index (κ3) is 7.14. The van der Waals surface area contributed by atoms with Gasteiger partial charge in [-0.3, -0.25) is 0 Å². The van der Waals surface area contributed by atoms with E-state index in [4.69, 9.17) is 23.2 Å². The predicted molar refractivity (Wildman–Crippen MR) is 114 cm³/mol. The van der Waals surface area contributed by atoms with Crippen LogP contribution in [0.3, 0.4) is 0 Å². The lowest BCUT2D eigenvalue weighted by molar-refractivity contribution is 0.184. The van der Waals surface area contributed by atoms with E-state index < -0.39 is 6.10 Å². The summed E-state index contributed by atoms with van der Waals surface area (Å²) in [6.07, 6.45) is -0.619. The number of hydrogen-bond donors (Lipinski definition) is 3. The molecule has 1 aromatic heterocycles. The van der Waals surface area contributed by atoms with Crippen molar-refractivity contribution in [1.29, 1.82) is 0 Å². The van der Waals surface area contributed by atoms with E-state index in [-0.39, 0.29) is 24.0 Å². The molecule has 0 fully saturated rings. The van der Waals surface area contributed by atoms with Crippen LogP contribution in [0.25, 0.3) is 0 Å². The van der Waals surface area contributed by atoms with E-state index in [0.29, 0.717) is 28.4 Å². The van der Waals surface area contributed by atoms with Crippen molar-refractivity contribution in [3.8, 4) is 0 Å². The van der Waals surface area contributed by atoms with Crippen LogP contribution in [0.5, 0.6) is 0 Å². The van der Waals surface area contributed by atoms with Crippen molar-refractivity contribution in [1.82, 2.24) is 10.6 Å². The normalized spacial score (nSPS) is 12.4. The number of aliphatic hydroxyl groups is 1. The maximum Gasteiger partial charge on any atom is 0.191 e. The number of benzene rings is 1. The van der Waals surface area contributed by atoms with Gasteiger partial charge in [-0.2, -0.15) is 0 Å². The second-order valence-electron chi connectivity index (χ2n) is 4.86. The fourth-order valence-corrected chi connectivity index (χ4v) is 3.08. The van der Waals surface area contributed by atoms with Gasteiger partial charge in [0.1, 0.15) is 6.10 Å². The average Bonchev–Trinajstić information content (AvgIpc) is 2.98. The first-order valence-electron chi connectivity index (χ1n) is 7.28. The number of hydrogen-bond acceptors (Lipinski definition) is 3. The van der Waals surface area contributed by atoms with Crippen molar-refractivity contribution in [3.05, 3.63) is 56.2 Å². The summed E-state index contributed by atoms with van der Waals surface area (Å²) in [5.74, 6) is 0.657. The quantitative estimate of drug-likeness (QED) is 0.312. The molecule has 3 N–H and O–H groups in total. The molecule has 0 saturated carbocycles. The van der Waals surface area contributed by atoms with Crippen LogP contribution in [0.2, 0.25) is 9.36 Å². The summed E-state index contributed by atoms with van der Waals surface area (Å²) < 4.78 is 0.669. The van der Waals surface area contributed by atoms with E-state index in [9.17, 15) is 5.11 Å². The van der Waals surface area contributed by atoms with Crippen LogP contribution < -0.4 is 10.6 Å². The third-order valence-electron chi connectivity index (χ3n) is 3.06. The standard InChI is InChI=1S/C16H19Cl2N3OS.HI/c1-2-19-16(20-9-11-3-5-12(17)6-4-11)21-10-13(22)14-7-8-15(18)23-14;/h3-8,13,22H,2,9-10H2,1H3,(H2,19,20,21);1H. The molecule has 0 spiro atoms. The highest BCUT2D eigenvalue weighted by molar-refractivity contribution is 14.0. The number of thiophene rings is 1. The maximum atomic E-state index is 10.2. The molecule has 4 nitrogen and oxygen atoms in total. The Balaban J connectivity index is 0.00000288. The second-order valence-corrected chi connectivity index (χ2v) is 7.04. The zero-order chi connectivity index (χ0) is 16.7. The molecule has 8 heteroatoms. The fourth-order valence-electron chi connectivity index (χ4n) is 1.90. The first kappa shape index (κ1) is 21.5. The van der Waals surface area contributed by atoms with Crippen molar-refractivity contribution in [3.63, 3.8) is 0 Å². The van der Waals surface area contributed by atoms with Gasteiger partial charge in [-0.1, -0.05) is 35.3 Å². The number of guanidine groups is 1. The zero-order valence-electron chi connectivity index (χ0n) is 13.1. The Morgan fingerprint density at radius 2 is 1.88 bits per heavy atom. The maximum absolute atomic E-state index is 10.2. The van der Waals surface area contributed by atoms with Gasteiger partial charge in [0.2, 0.25) is 0 Å². The molecule has 0 amide bonds. The summed E-state index contributed by atoms with van der Waals surface area (Å²) in [4.78, 5) is 5.33. The highest BCUT2D eigenvalue weighted by atomic mass is 127. The smallest absolute Gasteiger partial charge is 0.191 e. The van der Waals surface area contributed by atoms with Crippen molar-refractivity contribution in [2.75, 3.05) is 13.1 Å². The van der Waals surface area contributed by atoms with Crippen LogP contribution in [0.15, 0.2) is 41.4 Å². The molecule has 0 saturated heterocycles. The summed E-state index contributed by atoms with van der Waals surface area (Å²) in [5, 5.41) is 17.2. The Morgan fingerprint density at radius 1 is 1.17 bits per heavy atom. The van der Waals surface area contributed by atoms with Gasteiger partial charge in [0.05, 0.1) is 10.9 Å². The highest BCUT2D eigenvalue weighted by Crippen LogP contribution is 2.26. The van der Waals surface area contributed by atoms with Crippen molar-refractivity contribution < 1.29 is 5.11 Å². The van der Waals surface area contributed by atoms with E-state index in [1.807, 2.05) is 37.3 Å². The van der Waals surface area contributed by atoms with Gasteiger partial charge in [-0.15, -0.1) is 35.3 Å². The molecule has 0 aliphatic heterocycles. The molecule has 0 aliphatic rings. The molecule has 132 valence electrons. The van der Waals surface area contributed by atoms with Crippen LogP contribution in [0.1, 0.15) is 23.5 Å². The van der Waals surface area contributed by atoms with Gasteiger partial charge in [-0.05, 0) is 36.8 Å². The van der Waals surface area contributed by atoms with Gasteiger partial charge in [0, 0.05) is 23.0 Å². The van der Waals surface area contributed by atoms with E-state index in [0.717, 1.165) is 17.0 Å². The summed E-state index contributed by atoms with van der Waals surface area (Å²) in [6.45, 7) is 3.64. The van der Waals surface area contributed by atoms with Gasteiger partial charge in [0.25, 0.3) is 0 Å². The van der Waals surface area contributed by atoms with Crippen molar-refractivity contribution in [2.45, 2.75) is 19.6 Å². The van der Waals surface area contributed by atoms with Crippen LogP contribution >= 0.6 is 58.5 Å². The second kappa shape index (κ2) is 11.1. The molecule has 24 heavy (non-hydrogen) atoms. The van der Waals surface area contributed by atoms with Crippen LogP contribution in [0.4, 0.5) is 0 Å². The van der Waals surface area contributed by atoms with E-state index >= 15 is 0 Å². The molecule has 1 unspecified atom stereocenters. The molecular formula is C16H20Cl2IN3OS. The van der Waals surface area contributed by atoms with Gasteiger partial charge >= 0.3 is 0 Å². The Morgan fingerprint density at radius 3 is 2.46 bits per heavy atom. The summed E-state index contributed by atoms with van der Waals surface area (Å²) in [7, 11) is 0. The molecule has 1 heterocycles. The van der Waals surface area contributed by atoms with E-state index in [1.54, 1.807) is 6.07 Å². The van der Waals surface area contributed by atoms with Gasteiger partial charge in [-0.25, -0.2) is 4.99 Å². The largest absolute Gasteiger partial charge is 0.386 e. The molecule has 2 aromatic rings. The monoisotopic (exact) mass is 499 g/mol. The molecule has 1 atom stereocenters. The molecule has 0 bridgehead atoms. The Hall–Kier alpha value is -0.540. The van der Waals surface area contributed by atoms with Crippen LogP contribution in [-0.2, 0) is 6.54 Å². The zero-order valence-corrected chi connectivity index (χ0v) is 17.8. The van der Waals surface area contributed by atoms with E-state index in [1.165, 1.54) is 11.3 Å². The minimum Gasteiger partial charge on any atom is -0.386 e. The topological polar surface area (TPSA) is 56.7 Å². The summed E-state index contributed by atoms with van der Waals surface area (Å²) >= 11 is 13.1. The lowest BCUT2D eigenvalue weighted by atomic mass is 10.2. The van der Waals surface area contributed by atoms with Crippen molar-refractivity contribution in [2.24, 2.45) is 4.99 Å². The SMILES string of the molecule is CCNC(=NCc1ccc(Cl)cc1)NCC(O)c1ccc(Cl)s1.I. The molecule has 1 aromatic carbocycles. The molecular weight excluding hydrogens is 480 g/mol. The number of aliphatic hydroxyl groups excluding tert-OH is 1. The number of aliphatic imine (C=N–C) groups is 1. The van der Waals surface area contributed by atoms with Crippen LogP contribution in [0, 0.1) is 0 Å². The van der Waals surface area contributed by atoms with Gasteiger partial charge < -0.3 is 15.7 Å². The third-order valence-corrected chi connectivity index (χ3v) is 4.65. The van der Waals surface area contributed by atoms with Gasteiger partial charge in [0.15, 0.2) is 5.96 Å². The molecule has 2 rings (SSSR count). The fraction of sp³-hybridized carbons (Fsp3) is 0.312. The predicted octanol–water partition coefficient (Wildman–Crippen LogP) is 4.46. The lowest BCUT2D eigenvalue weighted by Gasteiger charge is -2.14. The number of halogens is 3. The first-order valence-corrected chi connectivity index (χ1v) is 8.85. The highest BCUT2D eigenvalue weighted by Gasteiger charge is 2.10. The Bertz CT molecular complexity index is 649. The lowest BCUT2D eigenvalue weighted by Crippen LogP contribution is -2.39. The number of rotatable bonds is 6. The van der Waals surface area contributed by atoms with Crippen LogP contribution in [-0.4, -0.2) is 24.2 Å². The molecule has 0 aliphatic carbocycles. The Kier molecular flexibility index (Phi) is 9.99. The van der Waals surface area contributed by atoms with E-state index in [2.05, 4.69) is 15.6 Å². The molecule has 0 radical (unpaired) electrons. The first-order chi connectivity index (χ1) is 11.1. The summed E-state index contributed by atoms with van der Waals surface area (Å²) in [5.41, 5.74) is 1.07. The number of nitrogens with one attached hydrogen (secondary N) is 2. The Labute approximate surface area is 173 Å².